The maximum Gasteiger partial charge on any atom is 0.338 e. The van der Waals surface area contributed by atoms with Gasteiger partial charge in [-0.15, -0.1) is 0 Å². The molecule has 4 rings (SSSR count). The van der Waals surface area contributed by atoms with Crippen LogP contribution in [0.4, 0.5) is 5.69 Å². The van der Waals surface area contributed by atoms with Gasteiger partial charge in [0.15, 0.2) is 18.1 Å². The molecule has 0 aliphatic carbocycles. The highest BCUT2D eigenvalue weighted by molar-refractivity contribution is 6.01. The Morgan fingerprint density at radius 2 is 1.76 bits per heavy atom. The summed E-state index contributed by atoms with van der Waals surface area (Å²) in [7, 11) is 0. The number of anilines is 1. The number of hydrogen-bond donors (Lipinski definition) is 1. The van der Waals surface area contributed by atoms with Crippen LogP contribution in [0.3, 0.4) is 0 Å². The number of benzene rings is 2. The molecule has 2 aromatic carbocycles. The molecule has 170 valence electrons. The summed E-state index contributed by atoms with van der Waals surface area (Å²) in [6.45, 7) is 5.74. The predicted molar refractivity (Wildman–Crippen MR) is 122 cm³/mol. The van der Waals surface area contributed by atoms with Gasteiger partial charge in [0.1, 0.15) is 13.2 Å². The molecule has 33 heavy (non-hydrogen) atoms. The number of carbonyl (C=O) groups is 3. The van der Waals surface area contributed by atoms with E-state index in [4.69, 9.17) is 14.2 Å². The molecule has 0 fully saturated rings. The number of rotatable bonds is 6. The standard InChI is InChI=1S/C25H24N2O6/c1-15-11-21(16(2)27(15)20-7-8-23-24(13-20)32-10-9-31-23)22(29)14-33-25(30)18-5-4-6-19(12-18)26-17(3)28/h4-8,11-13H,9-10,14H2,1-3H3,(H,26,28). The van der Waals surface area contributed by atoms with Gasteiger partial charge in [-0.2, -0.15) is 0 Å². The minimum atomic E-state index is -0.642. The second-order valence-electron chi connectivity index (χ2n) is 7.71. The van der Waals surface area contributed by atoms with E-state index in [1.165, 1.54) is 13.0 Å². The number of nitrogens with zero attached hydrogens (tertiary/aromatic N) is 1. The lowest BCUT2D eigenvalue weighted by Gasteiger charge is -2.20. The third kappa shape index (κ3) is 4.74. The topological polar surface area (TPSA) is 95.9 Å². The van der Waals surface area contributed by atoms with Crippen LogP contribution in [-0.4, -0.2) is 42.0 Å². The fourth-order valence-corrected chi connectivity index (χ4v) is 3.83. The van der Waals surface area contributed by atoms with Crippen molar-refractivity contribution in [2.45, 2.75) is 20.8 Å². The number of hydrogen-bond acceptors (Lipinski definition) is 6. The molecule has 0 saturated heterocycles. The molecule has 0 unspecified atom stereocenters. The van der Waals surface area contributed by atoms with Crippen molar-refractivity contribution >= 4 is 23.3 Å². The van der Waals surface area contributed by atoms with Gasteiger partial charge in [0.2, 0.25) is 11.7 Å². The first kappa shape index (κ1) is 22.1. The first-order valence-electron chi connectivity index (χ1n) is 10.5. The van der Waals surface area contributed by atoms with E-state index in [2.05, 4.69) is 5.32 Å². The van der Waals surface area contributed by atoms with E-state index in [1.54, 1.807) is 24.3 Å². The number of esters is 1. The summed E-state index contributed by atoms with van der Waals surface area (Å²) in [5.41, 5.74) is 3.64. The van der Waals surface area contributed by atoms with Gasteiger partial charge in [0.25, 0.3) is 0 Å². The molecule has 8 nitrogen and oxygen atoms in total. The quantitative estimate of drug-likeness (QED) is 0.454. The average Bonchev–Trinajstić information content (AvgIpc) is 3.10. The number of carbonyl (C=O) groups excluding carboxylic acids is 3. The smallest absolute Gasteiger partial charge is 0.338 e. The van der Waals surface area contributed by atoms with E-state index < -0.39 is 12.6 Å². The summed E-state index contributed by atoms with van der Waals surface area (Å²) in [5.74, 6) is 0.159. The molecule has 1 aliphatic heterocycles. The highest BCUT2D eigenvalue weighted by atomic mass is 16.6. The summed E-state index contributed by atoms with van der Waals surface area (Å²) in [4.78, 5) is 36.5. The van der Waals surface area contributed by atoms with Gasteiger partial charge in [0.05, 0.1) is 5.56 Å². The number of ether oxygens (including phenoxy) is 3. The zero-order valence-corrected chi connectivity index (χ0v) is 18.6. The highest BCUT2D eigenvalue weighted by Crippen LogP contribution is 2.33. The van der Waals surface area contributed by atoms with Gasteiger partial charge in [-0.1, -0.05) is 6.07 Å². The molecule has 8 heteroatoms. The van der Waals surface area contributed by atoms with Gasteiger partial charge >= 0.3 is 5.97 Å². The predicted octanol–water partition coefficient (Wildman–Crippen LogP) is 3.86. The summed E-state index contributed by atoms with van der Waals surface area (Å²) in [6.07, 6.45) is 0. The Bertz CT molecular complexity index is 1240. The molecular weight excluding hydrogens is 424 g/mol. The van der Waals surface area contributed by atoms with Crippen LogP contribution >= 0.6 is 0 Å². The number of aryl methyl sites for hydroxylation is 1. The lowest BCUT2D eigenvalue weighted by Crippen LogP contribution is -2.16. The number of amides is 1. The van der Waals surface area contributed by atoms with Crippen LogP contribution in [0.25, 0.3) is 5.69 Å². The van der Waals surface area contributed by atoms with Crippen molar-refractivity contribution in [1.29, 1.82) is 0 Å². The van der Waals surface area contributed by atoms with E-state index >= 15 is 0 Å². The maximum atomic E-state index is 12.9. The van der Waals surface area contributed by atoms with Crippen LogP contribution in [0.5, 0.6) is 11.5 Å². The summed E-state index contributed by atoms with van der Waals surface area (Å²) < 4.78 is 18.4. The zero-order chi connectivity index (χ0) is 23.5. The van der Waals surface area contributed by atoms with Gasteiger partial charge in [0, 0.05) is 41.3 Å². The molecule has 1 amide bonds. The van der Waals surface area contributed by atoms with Crippen molar-refractivity contribution in [1.82, 2.24) is 4.57 Å². The fraction of sp³-hybridized carbons (Fsp3) is 0.240. The van der Waals surface area contributed by atoms with Crippen molar-refractivity contribution < 1.29 is 28.6 Å². The van der Waals surface area contributed by atoms with Crippen LogP contribution in [0, 0.1) is 13.8 Å². The van der Waals surface area contributed by atoms with Crippen molar-refractivity contribution in [3.63, 3.8) is 0 Å². The lowest BCUT2D eigenvalue weighted by atomic mass is 10.1. The normalized spacial score (nSPS) is 12.2. The Kier molecular flexibility index (Phi) is 6.17. The summed E-state index contributed by atoms with van der Waals surface area (Å²) >= 11 is 0. The van der Waals surface area contributed by atoms with Crippen molar-refractivity contribution in [3.8, 4) is 17.2 Å². The maximum absolute atomic E-state index is 12.9. The monoisotopic (exact) mass is 448 g/mol. The molecule has 1 aliphatic rings. The third-order valence-electron chi connectivity index (χ3n) is 5.27. The van der Waals surface area contributed by atoms with E-state index in [1.807, 2.05) is 36.6 Å². The minimum absolute atomic E-state index is 0.246. The summed E-state index contributed by atoms with van der Waals surface area (Å²) in [6, 6.07) is 13.8. The molecule has 1 N–H and O–H groups in total. The first-order valence-corrected chi connectivity index (χ1v) is 10.5. The third-order valence-corrected chi connectivity index (χ3v) is 5.27. The highest BCUT2D eigenvalue weighted by Gasteiger charge is 2.20. The largest absolute Gasteiger partial charge is 0.486 e. The van der Waals surface area contributed by atoms with Crippen LogP contribution in [0.15, 0.2) is 48.5 Å². The molecule has 2 heterocycles. The van der Waals surface area contributed by atoms with Crippen LogP contribution in [0.1, 0.15) is 39.0 Å². The molecular formula is C25H24N2O6. The van der Waals surface area contributed by atoms with Crippen LogP contribution < -0.4 is 14.8 Å². The van der Waals surface area contributed by atoms with Gasteiger partial charge in [-0.05, 0) is 50.2 Å². The van der Waals surface area contributed by atoms with Crippen molar-refractivity contribution in [3.05, 3.63) is 71.0 Å². The second-order valence-corrected chi connectivity index (χ2v) is 7.71. The Morgan fingerprint density at radius 1 is 1.00 bits per heavy atom. The Hall–Kier alpha value is -4.07. The number of ketones is 1. The number of Topliss-reactive ketones (excluding diaryl/α,β-unsaturated/α-hetero) is 1. The summed E-state index contributed by atoms with van der Waals surface area (Å²) in [5, 5.41) is 2.61. The molecule has 0 bridgehead atoms. The average molecular weight is 448 g/mol. The Labute approximate surface area is 191 Å². The molecule has 0 radical (unpaired) electrons. The molecule has 0 spiro atoms. The van der Waals surface area contributed by atoms with E-state index in [-0.39, 0.29) is 17.3 Å². The second kappa shape index (κ2) is 9.20. The number of fused-ring (bicyclic) bond motifs is 1. The van der Waals surface area contributed by atoms with Crippen molar-refractivity contribution in [2.24, 2.45) is 0 Å². The van der Waals surface area contributed by atoms with Gasteiger partial charge in [-0.25, -0.2) is 4.79 Å². The zero-order valence-electron chi connectivity index (χ0n) is 18.6. The molecule has 0 saturated carbocycles. The van der Waals surface area contributed by atoms with Crippen LogP contribution in [-0.2, 0) is 9.53 Å². The first-order chi connectivity index (χ1) is 15.8. The minimum Gasteiger partial charge on any atom is -0.486 e. The van der Waals surface area contributed by atoms with E-state index in [0.29, 0.717) is 36.0 Å². The molecule has 0 atom stereocenters. The van der Waals surface area contributed by atoms with Gasteiger partial charge < -0.3 is 24.1 Å². The van der Waals surface area contributed by atoms with Crippen molar-refractivity contribution in [2.75, 3.05) is 25.1 Å². The van der Waals surface area contributed by atoms with E-state index in [9.17, 15) is 14.4 Å². The number of nitrogens with one attached hydrogen (secondary N) is 1. The lowest BCUT2D eigenvalue weighted by molar-refractivity contribution is -0.114. The van der Waals surface area contributed by atoms with Crippen LogP contribution in [0.2, 0.25) is 0 Å². The molecule has 1 aromatic heterocycles. The van der Waals surface area contributed by atoms with E-state index in [0.717, 1.165) is 17.1 Å². The Morgan fingerprint density at radius 3 is 2.52 bits per heavy atom. The molecule has 3 aromatic rings. The number of aromatic nitrogens is 1. The Balaban J connectivity index is 1.48. The SMILES string of the molecule is CC(=O)Nc1cccc(C(=O)OCC(=O)c2cc(C)n(-c3ccc4c(c3)OCCO4)c2C)c1. The van der Waals surface area contributed by atoms with Gasteiger partial charge in [-0.3, -0.25) is 9.59 Å². The fourth-order valence-electron chi connectivity index (χ4n) is 3.83.